The molecule has 144 valence electrons. The van der Waals surface area contributed by atoms with Crippen LogP contribution in [0, 0.1) is 0 Å². The van der Waals surface area contributed by atoms with Crippen molar-refractivity contribution < 1.29 is 14.3 Å². The first kappa shape index (κ1) is 19.5. The lowest BCUT2D eigenvalue weighted by Gasteiger charge is -2.10. The first-order valence-corrected chi connectivity index (χ1v) is 8.87. The zero-order valence-corrected chi connectivity index (χ0v) is 15.8. The molecule has 8 nitrogen and oxygen atoms in total. The summed E-state index contributed by atoms with van der Waals surface area (Å²) in [6.45, 7) is 0.240. The number of aromatic nitrogens is 3. The number of rotatable bonds is 6. The van der Waals surface area contributed by atoms with Crippen LogP contribution in [-0.2, 0) is 16.1 Å². The van der Waals surface area contributed by atoms with E-state index in [0.29, 0.717) is 22.3 Å². The lowest BCUT2D eigenvalue weighted by molar-refractivity contribution is -0.116. The second-order valence-electron chi connectivity index (χ2n) is 5.97. The highest BCUT2D eigenvalue weighted by Crippen LogP contribution is 2.22. The normalized spacial score (nSPS) is 10.6. The van der Waals surface area contributed by atoms with Crippen LogP contribution in [0.5, 0.6) is 0 Å². The molecule has 9 heteroatoms. The Morgan fingerprint density at radius 2 is 2.00 bits per heavy atom. The van der Waals surface area contributed by atoms with Gasteiger partial charge in [0.2, 0.25) is 5.91 Å². The van der Waals surface area contributed by atoms with Crippen molar-refractivity contribution in [1.82, 2.24) is 15.0 Å². The maximum atomic E-state index is 12.4. The van der Waals surface area contributed by atoms with Gasteiger partial charge in [0.05, 0.1) is 23.7 Å². The van der Waals surface area contributed by atoms with Crippen LogP contribution in [-0.4, -0.2) is 34.0 Å². The third-order valence-corrected chi connectivity index (χ3v) is 4.30. The zero-order valence-electron chi connectivity index (χ0n) is 15.0. The molecule has 0 saturated carbocycles. The first-order valence-electron chi connectivity index (χ1n) is 8.50. The number of hydrogen-bond acceptors (Lipinski definition) is 6. The van der Waals surface area contributed by atoms with Crippen LogP contribution in [0.25, 0.3) is 10.9 Å². The number of nitrogens with zero attached hydrogens (tertiary/aromatic N) is 3. The Labute approximate surface area is 165 Å². The van der Waals surface area contributed by atoms with Crippen molar-refractivity contribution in [1.29, 1.82) is 0 Å². The lowest BCUT2D eigenvalue weighted by atomic mass is 10.1. The van der Waals surface area contributed by atoms with Gasteiger partial charge in [0.15, 0.2) is 0 Å². The van der Waals surface area contributed by atoms with Crippen LogP contribution in [0.15, 0.2) is 47.3 Å². The highest BCUT2D eigenvalue weighted by atomic mass is 35.5. The Balaban J connectivity index is 1.64. The summed E-state index contributed by atoms with van der Waals surface area (Å²) in [7, 11) is 1.25. The number of amides is 1. The van der Waals surface area contributed by atoms with Gasteiger partial charge in [-0.1, -0.05) is 28.9 Å². The second-order valence-corrected chi connectivity index (χ2v) is 6.40. The monoisotopic (exact) mass is 400 g/mol. The number of esters is 1. The van der Waals surface area contributed by atoms with Crippen LogP contribution in [0.1, 0.15) is 23.2 Å². The molecule has 1 aromatic heterocycles. The molecule has 1 heterocycles. The Hall–Kier alpha value is -3.26. The number of aryl methyl sites for hydroxylation is 1. The fourth-order valence-corrected chi connectivity index (χ4v) is 2.85. The molecular weight excluding hydrogens is 384 g/mol. The van der Waals surface area contributed by atoms with E-state index >= 15 is 0 Å². The van der Waals surface area contributed by atoms with Crippen molar-refractivity contribution in [3.63, 3.8) is 0 Å². The maximum Gasteiger partial charge on any atom is 0.339 e. The molecule has 0 radical (unpaired) electrons. The minimum absolute atomic E-state index is 0.119. The molecule has 0 atom stereocenters. The Bertz CT molecular complexity index is 1100. The number of halogens is 1. The number of methoxy groups -OCH3 is 1. The molecule has 0 spiro atoms. The molecular formula is C19H17ClN4O4. The van der Waals surface area contributed by atoms with Gasteiger partial charge in [-0.2, -0.15) is 0 Å². The van der Waals surface area contributed by atoms with Crippen LogP contribution >= 0.6 is 11.6 Å². The van der Waals surface area contributed by atoms with Crippen molar-refractivity contribution in [3.8, 4) is 0 Å². The van der Waals surface area contributed by atoms with Gasteiger partial charge >= 0.3 is 5.97 Å². The van der Waals surface area contributed by atoms with Gasteiger partial charge in [0, 0.05) is 18.0 Å². The van der Waals surface area contributed by atoms with Crippen molar-refractivity contribution in [3.05, 3.63) is 63.4 Å². The molecule has 0 fully saturated rings. The third kappa shape index (κ3) is 4.34. The van der Waals surface area contributed by atoms with Gasteiger partial charge in [-0.15, -0.1) is 5.10 Å². The van der Waals surface area contributed by atoms with E-state index in [1.165, 1.54) is 30.0 Å². The van der Waals surface area contributed by atoms with E-state index < -0.39 is 5.97 Å². The van der Waals surface area contributed by atoms with E-state index in [9.17, 15) is 14.4 Å². The average molecular weight is 401 g/mol. The summed E-state index contributed by atoms with van der Waals surface area (Å²) in [4.78, 5) is 36.4. The Kier molecular flexibility index (Phi) is 6.00. The largest absolute Gasteiger partial charge is 0.465 e. The lowest BCUT2D eigenvalue weighted by Crippen LogP contribution is -2.25. The van der Waals surface area contributed by atoms with Gasteiger partial charge in [-0.25, -0.2) is 9.48 Å². The Morgan fingerprint density at radius 3 is 2.79 bits per heavy atom. The van der Waals surface area contributed by atoms with Crippen molar-refractivity contribution >= 4 is 40.1 Å². The van der Waals surface area contributed by atoms with Gasteiger partial charge in [0.1, 0.15) is 5.52 Å². The number of benzene rings is 2. The summed E-state index contributed by atoms with van der Waals surface area (Å²) in [5.41, 5.74) is 0.746. The standard InChI is InChI=1S/C19H17ClN4O4/c1-28-19(27)14-9-8-12(20)11-16(14)21-17(25)7-4-10-24-18(26)13-5-2-3-6-15(13)22-23-24/h2-3,5-6,8-9,11H,4,7,10H2,1H3,(H,21,25). The van der Waals surface area contributed by atoms with E-state index in [1.807, 2.05) is 0 Å². The smallest absolute Gasteiger partial charge is 0.339 e. The maximum absolute atomic E-state index is 12.4. The molecule has 2 aromatic carbocycles. The van der Waals surface area contributed by atoms with E-state index in [-0.39, 0.29) is 35.7 Å². The summed E-state index contributed by atoms with van der Waals surface area (Å²) in [5, 5.41) is 11.4. The number of fused-ring (bicyclic) bond motifs is 1. The van der Waals surface area contributed by atoms with Crippen LogP contribution in [0.3, 0.4) is 0 Å². The SMILES string of the molecule is COC(=O)c1ccc(Cl)cc1NC(=O)CCCn1nnc2ccccc2c1=O. The van der Waals surface area contributed by atoms with E-state index in [1.54, 1.807) is 24.3 Å². The molecule has 0 aliphatic carbocycles. The quantitative estimate of drug-likeness (QED) is 0.638. The minimum Gasteiger partial charge on any atom is -0.465 e. The molecule has 3 rings (SSSR count). The summed E-state index contributed by atoms with van der Waals surface area (Å²) >= 11 is 5.94. The van der Waals surface area contributed by atoms with E-state index in [0.717, 1.165) is 0 Å². The number of hydrogen-bond donors (Lipinski definition) is 1. The van der Waals surface area contributed by atoms with Crippen molar-refractivity contribution in [2.75, 3.05) is 12.4 Å². The molecule has 3 aromatic rings. The molecule has 0 aliphatic heterocycles. The highest BCUT2D eigenvalue weighted by molar-refractivity contribution is 6.31. The number of nitrogens with one attached hydrogen (secondary N) is 1. The molecule has 1 N–H and O–H groups in total. The summed E-state index contributed by atoms with van der Waals surface area (Å²) in [6, 6.07) is 11.4. The minimum atomic E-state index is -0.579. The zero-order chi connectivity index (χ0) is 20.1. The predicted molar refractivity (Wildman–Crippen MR) is 104 cm³/mol. The van der Waals surface area contributed by atoms with Crippen LogP contribution in [0.4, 0.5) is 5.69 Å². The average Bonchev–Trinajstić information content (AvgIpc) is 2.69. The summed E-state index contributed by atoms with van der Waals surface area (Å²) in [5.74, 6) is -0.904. The third-order valence-electron chi connectivity index (χ3n) is 4.06. The number of carbonyl (C=O) groups is 2. The number of anilines is 1. The van der Waals surface area contributed by atoms with Crippen molar-refractivity contribution in [2.24, 2.45) is 0 Å². The molecule has 0 unspecified atom stereocenters. The summed E-state index contributed by atoms with van der Waals surface area (Å²) < 4.78 is 5.93. The van der Waals surface area contributed by atoms with Crippen molar-refractivity contribution in [2.45, 2.75) is 19.4 Å². The van der Waals surface area contributed by atoms with Gasteiger partial charge in [-0.05, 0) is 36.8 Å². The fraction of sp³-hybridized carbons (Fsp3) is 0.211. The fourth-order valence-electron chi connectivity index (χ4n) is 2.68. The second kappa shape index (κ2) is 8.62. The van der Waals surface area contributed by atoms with Gasteiger partial charge < -0.3 is 10.1 Å². The van der Waals surface area contributed by atoms with E-state index in [2.05, 4.69) is 15.6 Å². The molecule has 0 bridgehead atoms. The van der Waals surface area contributed by atoms with Gasteiger partial charge in [-0.3, -0.25) is 9.59 Å². The van der Waals surface area contributed by atoms with Crippen LogP contribution < -0.4 is 10.9 Å². The highest BCUT2D eigenvalue weighted by Gasteiger charge is 2.14. The predicted octanol–water partition coefficient (Wildman–Crippen LogP) is 2.65. The van der Waals surface area contributed by atoms with Gasteiger partial charge in [0.25, 0.3) is 5.56 Å². The summed E-state index contributed by atoms with van der Waals surface area (Å²) in [6.07, 6.45) is 0.487. The van der Waals surface area contributed by atoms with Crippen LogP contribution in [0.2, 0.25) is 5.02 Å². The molecule has 0 aliphatic rings. The topological polar surface area (TPSA) is 103 Å². The first-order chi connectivity index (χ1) is 13.5. The van der Waals surface area contributed by atoms with E-state index in [4.69, 9.17) is 16.3 Å². The molecule has 1 amide bonds. The number of ether oxygens (including phenoxy) is 1. The number of carbonyl (C=O) groups excluding carboxylic acids is 2. The molecule has 28 heavy (non-hydrogen) atoms. The molecule has 0 saturated heterocycles. The Morgan fingerprint density at radius 1 is 1.21 bits per heavy atom.